The van der Waals surface area contributed by atoms with Gasteiger partial charge in [0.15, 0.2) is 5.96 Å². The van der Waals surface area contributed by atoms with E-state index >= 15 is 0 Å². The Morgan fingerprint density at radius 1 is 1.10 bits per heavy atom. The number of amides is 1. The van der Waals surface area contributed by atoms with Gasteiger partial charge in [0.1, 0.15) is 0 Å². The number of rotatable bonds is 6. The molecule has 0 atom stereocenters. The van der Waals surface area contributed by atoms with Gasteiger partial charge < -0.3 is 15.1 Å². The van der Waals surface area contributed by atoms with Crippen LogP contribution in [-0.2, 0) is 6.54 Å². The maximum Gasteiger partial charge on any atom is 0.253 e. The molecule has 1 aliphatic carbocycles. The number of nitrogens with zero attached hydrogens (tertiary/aromatic N) is 3. The van der Waals surface area contributed by atoms with Crippen molar-refractivity contribution in [3.05, 3.63) is 35.4 Å². The molecule has 1 N–H and O–H groups in total. The van der Waals surface area contributed by atoms with Crippen molar-refractivity contribution >= 4 is 35.8 Å². The van der Waals surface area contributed by atoms with Gasteiger partial charge in [-0.2, -0.15) is 0 Å². The average molecular weight is 512 g/mol. The van der Waals surface area contributed by atoms with Crippen LogP contribution >= 0.6 is 24.0 Å². The average Bonchev–Trinajstić information content (AvgIpc) is 3.36. The Balaban J connectivity index is 0.00000300. The monoisotopic (exact) mass is 512 g/mol. The molecule has 1 saturated heterocycles. The summed E-state index contributed by atoms with van der Waals surface area (Å²) in [6, 6.07) is 7.93. The first-order chi connectivity index (χ1) is 13.6. The zero-order valence-electron chi connectivity index (χ0n) is 18.2. The fourth-order valence-electron chi connectivity index (χ4n) is 4.69. The molecule has 3 rings (SSSR count). The summed E-state index contributed by atoms with van der Waals surface area (Å²) in [5, 5.41) is 3.48. The minimum atomic E-state index is 0. The molecule has 0 bridgehead atoms. The second-order valence-electron chi connectivity index (χ2n) is 8.22. The molecule has 5 nitrogen and oxygen atoms in total. The van der Waals surface area contributed by atoms with Crippen molar-refractivity contribution in [1.82, 2.24) is 15.1 Å². The topological polar surface area (TPSA) is 47.9 Å². The highest BCUT2D eigenvalue weighted by Crippen LogP contribution is 2.45. The number of halogens is 1. The minimum Gasteiger partial charge on any atom is -0.357 e. The van der Waals surface area contributed by atoms with Gasteiger partial charge in [-0.15, -0.1) is 24.0 Å². The molecule has 1 heterocycles. The van der Waals surface area contributed by atoms with Gasteiger partial charge in [-0.1, -0.05) is 25.0 Å². The standard InChI is InChI=1S/C23H36N4O.HI/c1-4-24-22(27-16-15-23(18-27)13-7-8-14-23)25-17-19-9-11-20(12-10-19)21(28)26(5-2)6-3;/h9-12H,4-8,13-18H2,1-3H3,(H,24,25);1H. The first-order valence-electron chi connectivity index (χ1n) is 11.0. The number of hydrogen-bond acceptors (Lipinski definition) is 2. The van der Waals surface area contributed by atoms with Crippen molar-refractivity contribution < 1.29 is 4.79 Å². The molecule has 0 aromatic heterocycles. The van der Waals surface area contributed by atoms with Crippen molar-refractivity contribution in [1.29, 1.82) is 0 Å². The van der Waals surface area contributed by atoms with E-state index < -0.39 is 0 Å². The molecule has 1 aromatic carbocycles. The SMILES string of the molecule is CCNC(=NCc1ccc(C(=O)N(CC)CC)cc1)N1CCC2(CCCC2)C1.I. The van der Waals surface area contributed by atoms with Crippen molar-refractivity contribution in [2.45, 2.75) is 59.4 Å². The molecule has 1 aromatic rings. The van der Waals surface area contributed by atoms with Crippen LogP contribution in [0.15, 0.2) is 29.3 Å². The second kappa shape index (κ2) is 11.2. The number of aliphatic imine (C=N–C) groups is 1. The third kappa shape index (κ3) is 5.86. The predicted molar refractivity (Wildman–Crippen MR) is 131 cm³/mol. The highest BCUT2D eigenvalue weighted by molar-refractivity contribution is 14.0. The minimum absolute atomic E-state index is 0. The van der Waals surface area contributed by atoms with Gasteiger partial charge in [0, 0.05) is 38.3 Å². The summed E-state index contributed by atoms with van der Waals surface area (Å²) in [6.07, 6.45) is 6.84. The highest BCUT2D eigenvalue weighted by atomic mass is 127. The van der Waals surface area contributed by atoms with E-state index in [2.05, 4.69) is 17.1 Å². The summed E-state index contributed by atoms with van der Waals surface area (Å²) in [6.45, 7) is 11.4. The second-order valence-corrected chi connectivity index (χ2v) is 8.22. The zero-order chi connectivity index (χ0) is 20.0. The Morgan fingerprint density at radius 3 is 2.34 bits per heavy atom. The quantitative estimate of drug-likeness (QED) is 0.347. The van der Waals surface area contributed by atoms with Crippen molar-refractivity contribution in [2.24, 2.45) is 10.4 Å². The lowest BCUT2D eigenvalue weighted by atomic mass is 9.86. The van der Waals surface area contributed by atoms with E-state index in [0.29, 0.717) is 12.0 Å². The van der Waals surface area contributed by atoms with Crippen LogP contribution in [0.2, 0.25) is 0 Å². The smallest absolute Gasteiger partial charge is 0.253 e. The highest BCUT2D eigenvalue weighted by Gasteiger charge is 2.41. The number of guanidine groups is 1. The summed E-state index contributed by atoms with van der Waals surface area (Å²) in [7, 11) is 0. The number of hydrogen-bond donors (Lipinski definition) is 1. The van der Waals surface area contributed by atoms with Crippen molar-refractivity contribution in [3.8, 4) is 0 Å². The summed E-state index contributed by atoms with van der Waals surface area (Å²) in [5.74, 6) is 1.14. The van der Waals surface area contributed by atoms with Gasteiger partial charge in [0.05, 0.1) is 6.54 Å². The van der Waals surface area contributed by atoms with Crippen LogP contribution in [0.3, 0.4) is 0 Å². The maximum atomic E-state index is 12.4. The molecule has 29 heavy (non-hydrogen) atoms. The van der Waals surface area contributed by atoms with Crippen LogP contribution in [0.4, 0.5) is 0 Å². The Morgan fingerprint density at radius 2 is 1.76 bits per heavy atom. The first kappa shape index (κ1) is 24.0. The van der Waals surface area contributed by atoms with E-state index in [9.17, 15) is 4.79 Å². The summed E-state index contributed by atoms with van der Waals surface area (Å²) in [4.78, 5) is 21.6. The van der Waals surface area contributed by atoms with E-state index in [0.717, 1.165) is 49.8 Å². The molecule has 162 valence electrons. The molecular weight excluding hydrogens is 475 g/mol. The van der Waals surface area contributed by atoms with Crippen molar-refractivity contribution in [2.75, 3.05) is 32.7 Å². The molecule has 1 aliphatic heterocycles. The molecule has 6 heteroatoms. The maximum absolute atomic E-state index is 12.4. The molecule has 1 amide bonds. The number of nitrogens with one attached hydrogen (secondary N) is 1. The van der Waals surface area contributed by atoms with Crippen molar-refractivity contribution in [3.63, 3.8) is 0 Å². The van der Waals surface area contributed by atoms with Crippen LogP contribution in [0.1, 0.15) is 68.8 Å². The fraction of sp³-hybridized carbons (Fsp3) is 0.652. The zero-order valence-corrected chi connectivity index (χ0v) is 20.6. The molecule has 2 fully saturated rings. The molecule has 0 unspecified atom stereocenters. The number of benzene rings is 1. The van der Waals surface area contributed by atoms with E-state index in [1.54, 1.807) is 0 Å². The van der Waals surface area contributed by atoms with E-state index in [-0.39, 0.29) is 29.9 Å². The van der Waals surface area contributed by atoms with E-state index in [4.69, 9.17) is 4.99 Å². The van der Waals surface area contributed by atoms with Crippen LogP contribution in [0, 0.1) is 5.41 Å². The van der Waals surface area contributed by atoms with Gasteiger partial charge in [0.2, 0.25) is 0 Å². The number of likely N-dealkylation sites (tertiary alicyclic amines) is 1. The Kier molecular flexibility index (Phi) is 9.24. The Bertz CT molecular complexity index is 679. The molecule has 1 saturated carbocycles. The molecule has 0 radical (unpaired) electrons. The molecular formula is C23H37IN4O. The van der Waals surface area contributed by atoms with E-state index in [1.807, 2.05) is 43.0 Å². The van der Waals surface area contributed by atoms with Crippen LogP contribution in [0.25, 0.3) is 0 Å². The summed E-state index contributed by atoms with van der Waals surface area (Å²) in [5.41, 5.74) is 2.44. The molecule has 2 aliphatic rings. The normalized spacial score (nSPS) is 18.0. The fourth-order valence-corrected chi connectivity index (χ4v) is 4.69. The number of carbonyl (C=O) groups excluding carboxylic acids is 1. The predicted octanol–water partition coefficient (Wildman–Crippen LogP) is 4.52. The summed E-state index contributed by atoms with van der Waals surface area (Å²) >= 11 is 0. The van der Waals surface area contributed by atoms with Gasteiger partial charge in [-0.3, -0.25) is 4.79 Å². The molecule has 1 spiro atoms. The van der Waals surface area contributed by atoms with Gasteiger partial charge in [-0.25, -0.2) is 4.99 Å². The van der Waals surface area contributed by atoms with Crippen LogP contribution in [0.5, 0.6) is 0 Å². The Labute approximate surface area is 193 Å². The lowest BCUT2D eigenvalue weighted by molar-refractivity contribution is 0.0773. The van der Waals surface area contributed by atoms with Gasteiger partial charge in [0.25, 0.3) is 5.91 Å². The Hall–Kier alpha value is -1.31. The lowest BCUT2D eigenvalue weighted by Crippen LogP contribution is -2.41. The lowest BCUT2D eigenvalue weighted by Gasteiger charge is -2.26. The largest absolute Gasteiger partial charge is 0.357 e. The van der Waals surface area contributed by atoms with Gasteiger partial charge >= 0.3 is 0 Å². The van der Waals surface area contributed by atoms with Crippen LogP contribution < -0.4 is 5.32 Å². The third-order valence-corrected chi connectivity index (χ3v) is 6.40. The first-order valence-corrected chi connectivity index (χ1v) is 11.0. The van der Waals surface area contributed by atoms with E-state index in [1.165, 1.54) is 32.1 Å². The third-order valence-electron chi connectivity index (χ3n) is 6.40. The summed E-state index contributed by atoms with van der Waals surface area (Å²) < 4.78 is 0. The van der Waals surface area contributed by atoms with Crippen LogP contribution in [-0.4, -0.2) is 54.4 Å². The van der Waals surface area contributed by atoms with Gasteiger partial charge in [-0.05, 0) is 63.1 Å². The number of carbonyl (C=O) groups is 1.